The van der Waals surface area contributed by atoms with Gasteiger partial charge in [0.25, 0.3) is 0 Å². The zero-order chi connectivity index (χ0) is 22.4. The largest absolute Gasteiger partial charge is 0.321 e. The van der Waals surface area contributed by atoms with Gasteiger partial charge in [0.2, 0.25) is 11.8 Å². The van der Waals surface area contributed by atoms with Crippen LogP contribution < -0.4 is 10.6 Å². The topological polar surface area (TPSA) is 94.9 Å². The van der Waals surface area contributed by atoms with Gasteiger partial charge in [-0.1, -0.05) is 43.8 Å². The summed E-state index contributed by atoms with van der Waals surface area (Å²) in [6.07, 6.45) is 3.81. The van der Waals surface area contributed by atoms with Crippen LogP contribution in [0.5, 0.6) is 0 Å². The number of thiazole rings is 1. The van der Waals surface area contributed by atoms with Crippen LogP contribution in [0.25, 0.3) is 11.1 Å². The van der Waals surface area contributed by atoms with Gasteiger partial charge in [0.05, 0.1) is 17.2 Å². The number of nitriles is 1. The number of aryl methyl sites for hydroxylation is 1. The van der Waals surface area contributed by atoms with E-state index >= 15 is 0 Å². The molecule has 0 bridgehead atoms. The number of anilines is 2. The Morgan fingerprint density at radius 2 is 2.00 bits per heavy atom. The standard InChI is InChI=1S/C24H22N4O2S/c1-4-20-14-26-24(31-20)28-23(30)15(3)16-7-6-8-17(11-16)18-9-10-21(19(12-18)13-25)27-22(29)5-2/h5-12,14-15H,2,4H2,1,3H3,(H,27,29)(H,26,28,30). The number of aromatic nitrogens is 1. The third kappa shape index (κ3) is 5.24. The smallest absolute Gasteiger partial charge is 0.247 e. The van der Waals surface area contributed by atoms with Crippen LogP contribution >= 0.6 is 11.3 Å². The van der Waals surface area contributed by atoms with E-state index in [1.54, 1.807) is 18.3 Å². The lowest BCUT2D eigenvalue weighted by Gasteiger charge is -2.13. The molecule has 2 amide bonds. The van der Waals surface area contributed by atoms with Gasteiger partial charge in [0.1, 0.15) is 6.07 Å². The van der Waals surface area contributed by atoms with E-state index in [1.807, 2.05) is 44.2 Å². The van der Waals surface area contributed by atoms with Crippen LogP contribution in [0.3, 0.4) is 0 Å². The number of nitrogens with one attached hydrogen (secondary N) is 2. The normalized spacial score (nSPS) is 11.3. The van der Waals surface area contributed by atoms with Gasteiger partial charge in [-0.2, -0.15) is 5.26 Å². The molecular weight excluding hydrogens is 408 g/mol. The number of carbonyl (C=O) groups is 2. The second-order valence-electron chi connectivity index (χ2n) is 6.89. The summed E-state index contributed by atoms with van der Waals surface area (Å²) in [6, 6.07) is 15.0. The van der Waals surface area contributed by atoms with E-state index in [9.17, 15) is 14.9 Å². The SMILES string of the molecule is C=CC(=O)Nc1ccc(-c2cccc(C(C)C(=O)Nc3ncc(CC)s3)c2)cc1C#N. The molecular formula is C24H22N4O2S. The number of amides is 2. The van der Waals surface area contributed by atoms with Crippen LogP contribution in [-0.2, 0) is 16.0 Å². The fourth-order valence-electron chi connectivity index (χ4n) is 2.99. The van der Waals surface area contributed by atoms with E-state index in [0.29, 0.717) is 16.4 Å². The number of carbonyl (C=O) groups excluding carboxylic acids is 2. The fourth-order valence-corrected chi connectivity index (χ4v) is 3.75. The molecule has 0 aliphatic heterocycles. The monoisotopic (exact) mass is 430 g/mol. The highest BCUT2D eigenvalue weighted by Crippen LogP contribution is 2.28. The third-order valence-electron chi connectivity index (χ3n) is 4.83. The molecule has 7 heteroatoms. The first-order valence-electron chi connectivity index (χ1n) is 9.78. The Morgan fingerprint density at radius 3 is 2.68 bits per heavy atom. The molecule has 0 saturated carbocycles. The van der Waals surface area contributed by atoms with Crippen molar-refractivity contribution in [2.45, 2.75) is 26.2 Å². The molecule has 0 fully saturated rings. The minimum Gasteiger partial charge on any atom is -0.321 e. The fraction of sp³-hybridized carbons (Fsp3) is 0.167. The summed E-state index contributed by atoms with van der Waals surface area (Å²) in [5.41, 5.74) is 3.31. The van der Waals surface area contributed by atoms with Crippen LogP contribution in [0.2, 0.25) is 0 Å². The Bertz CT molecular complexity index is 1180. The molecule has 0 aliphatic rings. The maximum atomic E-state index is 12.7. The summed E-state index contributed by atoms with van der Waals surface area (Å²) in [7, 11) is 0. The molecule has 2 aromatic carbocycles. The van der Waals surface area contributed by atoms with E-state index in [-0.39, 0.29) is 17.7 Å². The van der Waals surface area contributed by atoms with Gasteiger partial charge in [-0.15, -0.1) is 11.3 Å². The molecule has 3 aromatic rings. The lowest BCUT2D eigenvalue weighted by atomic mass is 9.95. The van der Waals surface area contributed by atoms with Crippen LogP contribution in [0.15, 0.2) is 61.3 Å². The number of hydrogen-bond donors (Lipinski definition) is 2. The van der Waals surface area contributed by atoms with E-state index in [4.69, 9.17) is 0 Å². The Balaban J connectivity index is 1.82. The van der Waals surface area contributed by atoms with Gasteiger partial charge < -0.3 is 10.6 Å². The Morgan fingerprint density at radius 1 is 1.23 bits per heavy atom. The summed E-state index contributed by atoms with van der Waals surface area (Å²) in [6.45, 7) is 7.31. The summed E-state index contributed by atoms with van der Waals surface area (Å²) < 4.78 is 0. The highest BCUT2D eigenvalue weighted by molar-refractivity contribution is 7.15. The second kappa shape index (κ2) is 9.83. The van der Waals surface area contributed by atoms with Crippen LogP contribution in [-0.4, -0.2) is 16.8 Å². The molecule has 1 aromatic heterocycles. The first-order chi connectivity index (χ1) is 14.9. The first kappa shape index (κ1) is 21.9. The van der Waals surface area contributed by atoms with Crippen molar-refractivity contribution >= 4 is 34.0 Å². The molecule has 0 aliphatic carbocycles. The molecule has 1 heterocycles. The summed E-state index contributed by atoms with van der Waals surface area (Å²) in [5, 5.41) is 15.6. The van der Waals surface area contributed by atoms with Gasteiger partial charge in [-0.05, 0) is 48.2 Å². The molecule has 0 radical (unpaired) electrons. The van der Waals surface area contributed by atoms with Crippen LogP contribution in [0, 0.1) is 11.3 Å². The number of rotatable bonds is 7. The van der Waals surface area contributed by atoms with E-state index in [0.717, 1.165) is 34.1 Å². The molecule has 6 nitrogen and oxygen atoms in total. The third-order valence-corrected chi connectivity index (χ3v) is 5.89. The molecule has 0 spiro atoms. The molecule has 0 saturated heterocycles. The van der Waals surface area contributed by atoms with E-state index in [2.05, 4.69) is 28.3 Å². The maximum absolute atomic E-state index is 12.7. The van der Waals surface area contributed by atoms with Crippen molar-refractivity contribution < 1.29 is 9.59 Å². The average molecular weight is 431 g/mol. The van der Waals surface area contributed by atoms with Crippen LogP contribution in [0.4, 0.5) is 10.8 Å². The Hall–Kier alpha value is -3.76. The highest BCUT2D eigenvalue weighted by atomic mass is 32.1. The van der Waals surface area contributed by atoms with Gasteiger partial charge in [0, 0.05) is 11.1 Å². The molecule has 156 valence electrons. The molecule has 1 unspecified atom stereocenters. The van der Waals surface area contributed by atoms with Crippen molar-refractivity contribution in [3.05, 3.63) is 77.3 Å². The summed E-state index contributed by atoms with van der Waals surface area (Å²) >= 11 is 1.48. The minimum absolute atomic E-state index is 0.130. The molecule has 1 atom stereocenters. The molecule has 31 heavy (non-hydrogen) atoms. The van der Waals surface area contributed by atoms with Crippen molar-refractivity contribution in [1.82, 2.24) is 4.98 Å². The van der Waals surface area contributed by atoms with Gasteiger partial charge in [-0.25, -0.2) is 4.98 Å². The van der Waals surface area contributed by atoms with Crippen molar-refractivity contribution in [2.24, 2.45) is 0 Å². The van der Waals surface area contributed by atoms with Crippen molar-refractivity contribution in [3.8, 4) is 17.2 Å². The van der Waals surface area contributed by atoms with Gasteiger partial charge in [0.15, 0.2) is 5.13 Å². The van der Waals surface area contributed by atoms with Crippen molar-refractivity contribution in [1.29, 1.82) is 5.26 Å². The average Bonchev–Trinajstić information content (AvgIpc) is 3.26. The minimum atomic E-state index is -0.379. The van der Waals surface area contributed by atoms with Gasteiger partial charge in [-0.3, -0.25) is 9.59 Å². The number of benzene rings is 2. The van der Waals surface area contributed by atoms with Crippen LogP contribution in [0.1, 0.15) is 35.8 Å². The lowest BCUT2D eigenvalue weighted by Crippen LogP contribution is -2.18. The summed E-state index contributed by atoms with van der Waals surface area (Å²) in [4.78, 5) is 29.6. The molecule has 2 N–H and O–H groups in total. The zero-order valence-electron chi connectivity index (χ0n) is 17.3. The van der Waals surface area contributed by atoms with E-state index in [1.165, 1.54) is 11.3 Å². The van der Waals surface area contributed by atoms with E-state index < -0.39 is 0 Å². The zero-order valence-corrected chi connectivity index (χ0v) is 18.1. The first-order valence-corrected chi connectivity index (χ1v) is 10.6. The predicted molar refractivity (Wildman–Crippen MR) is 124 cm³/mol. The lowest BCUT2D eigenvalue weighted by molar-refractivity contribution is -0.117. The Labute approximate surface area is 185 Å². The highest BCUT2D eigenvalue weighted by Gasteiger charge is 2.17. The number of hydrogen-bond acceptors (Lipinski definition) is 5. The quantitative estimate of drug-likeness (QED) is 0.509. The van der Waals surface area contributed by atoms with Gasteiger partial charge >= 0.3 is 0 Å². The maximum Gasteiger partial charge on any atom is 0.247 e. The Kier molecular flexibility index (Phi) is 6.96. The molecule has 3 rings (SSSR count). The summed E-state index contributed by atoms with van der Waals surface area (Å²) in [5.74, 6) is -0.887. The number of nitrogens with zero attached hydrogens (tertiary/aromatic N) is 2. The van der Waals surface area contributed by atoms with Crippen molar-refractivity contribution in [3.63, 3.8) is 0 Å². The van der Waals surface area contributed by atoms with Crippen molar-refractivity contribution in [2.75, 3.05) is 10.6 Å². The second-order valence-corrected chi connectivity index (χ2v) is 8.00. The predicted octanol–water partition coefficient (Wildman–Crippen LogP) is 5.11.